The van der Waals surface area contributed by atoms with Crippen LogP contribution in [0, 0.1) is 22.7 Å². The van der Waals surface area contributed by atoms with Crippen molar-refractivity contribution < 1.29 is 14.3 Å². The summed E-state index contributed by atoms with van der Waals surface area (Å²) in [6, 6.07) is 0. The Morgan fingerprint density at radius 3 is 2.39 bits per heavy atom. The zero-order chi connectivity index (χ0) is 17.3. The summed E-state index contributed by atoms with van der Waals surface area (Å²) in [6.07, 6.45) is 7.29. The van der Waals surface area contributed by atoms with Crippen LogP contribution in [0.2, 0.25) is 0 Å². The lowest BCUT2D eigenvalue weighted by molar-refractivity contribution is -0.156. The zero-order valence-corrected chi connectivity index (χ0v) is 16.0. The summed E-state index contributed by atoms with van der Waals surface area (Å²) in [4.78, 5) is 12.8. The molecular weight excluding hydrogens is 288 g/mol. The summed E-state index contributed by atoms with van der Waals surface area (Å²) >= 11 is 0. The van der Waals surface area contributed by atoms with Crippen molar-refractivity contribution in [2.45, 2.75) is 92.3 Å². The predicted molar refractivity (Wildman–Crippen MR) is 93.2 cm³/mol. The number of rotatable bonds is 8. The Bertz CT molecular complexity index is 413. The lowest BCUT2D eigenvalue weighted by Crippen LogP contribution is -2.36. The van der Waals surface area contributed by atoms with Gasteiger partial charge in [-0.25, -0.2) is 0 Å². The topological polar surface area (TPSA) is 38.8 Å². The van der Waals surface area contributed by atoms with Gasteiger partial charge in [0.1, 0.15) is 0 Å². The summed E-state index contributed by atoms with van der Waals surface area (Å²) in [7, 11) is 0. The SMILES string of the molecule is CCC(C)(C)CC(C(=O)OCC1CCC2OC2C1)C(C)(C)CC. The van der Waals surface area contributed by atoms with E-state index in [1.807, 2.05) is 0 Å². The minimum Gasteiger partial charge on any atom is -0.465 e. The van der Waals surface area contributed by atoms with Crippen molar-refractivity contribution in [3.63, 3.8) is 0 Å². The quantitative estimate of drug-likeness (QED) is 0.467. The molecule has 0 aromatic rings. The Kier molecular flexibility index (Phi) is 5.81. The van der Waals surface area contributed by atoms with Crippen LogP contribution in [0.25, 0.3) is 0 Å². The fourth-order valence-electron chi connectivity index (χ4n) is 3.56. The number of hydrogen-bond donors (Lipinski definition) is 0. The van der Waals surface area contributed by atoms with Gasteiger partial charge in [-0.05, 0) is 42.4 Å². The highest BCUT2D eigenvalue weighted by Gasteiger charge is 2.44. The smallest absolute Gasteiger partial charge is 0.309 e. The third kappa shape index (κ3) is 4.95. The highest BCUT2D eigenvalue weighted by molar-refractivity contribution is 5.73. The maximum absolute atomic E-state index is 12.8. The van der Waals surface area contributed by atoms with Gasteiger partial charge in [0, 0.05) is 0 Å². The molecule has 1 heterocycles. The third-order valence-electron chi connectivity index (χ3n) is 6.43. The summed E-state index contributed by atoms with van der Waals surface area (Å²) < 4.78 is 11.4. The first-order chi connectivity index (χ1) is 10.7. The van der Waals surface area contributed by atoms with Crippen LogP contribution < -0.4 is 0 Å². The second-order valence-electron chi connectivity index (χ2n) is 9.14. The van der Waals surface area contributed by atoms with Gasteiger partial charge in [0.05, 0.1) is 24.7 Å². The fraction of sp³-hybridized carbons (Fsp3) is 0.950. The summed E-state index contributed by atoms with van der Waals surface area (Å²) in [5.41, 5.74) is 0.164. The summed E-state index contributed by atoms with van der Waals surface area (Å²) in [5.74, 6) is 0.487. The minimum atomic E-state index is -0.0176. The molecule has 0 aromatic heterocycles. The predicted octanol–water partition coefficient (Wildman–Crippen LogP) is 4.98. The van der Waals surface area contributed by atoms with Crippen LogP contribution in [0.15, 0.2) is 0 Å². The molecule has 0 aromatic carbocycles. The molecule has 0 N–H and O–H groups in total. The highest BCUT2D eigenvalue weighted by Crippen LogP contribution is 2.42. The van der Waals surface area contributed by atoms with Gasteiger partial charge in [-0.2, -0.15) is 0 Å². The van der Waals surface area contributed by atoms with Crippen molar-refractivity contribution in [1.29, 1.82) is 0 Å². The Balaban J connectivity index is 1.92. The molecule has 4 unspecified atom stereocenters. The first-order valence-corrected chi connectivity index (χ1v) is 9.50. The van der Waals surface area contributed by atoms with Crippen molar-refractivity contribution in [2.24, 2.45) is 22.7 Å². The molecule has 0 radical (unpaired) electrons. The normalized spacial score (nSPS) is 28.9. The molecule has 0 bridgehead atoms. The van der Waals surface area contributed by atoms with Gasteiger partial charge in [0.2, 0.25) is 0 Å². The van der Waals surface area contributed by atoms with E-state index in [9.17, 15) is 4.79 Å². The van der Waals surface area contributed by atoms with Gasteiger partial charge in [-0.15, -0.1) is 0 Å². The standard InChI is InChI=1S/C20H36O3/c1-7-19(3,4)12-15(20(5,6)8-2)18(21)22-13-14-9-10-16-17(11-14)23-16/h14-17H,7-13H2,1-6H3. The van der Waals surface area contributed by atoms with Crippen LogP contribution in [-0.4, -0.2) is 24.8 Å². The molecule has 0 spiro atoms. The lowest BCUT2D eigenvalue weighted by Gasteiger charge is -2.37. The average molecular weight is 325 g/mol. The van der Waals surface area contributed by atoms with Gasteiger partial charge in [-0.3, -0.25) is 4.79 Å². The Morgan fingerprint density at radius 2 is 1.83 bits per heavy atom. The first kappa shape index (κ1) is 18.8. The molecule has 3 nitrogen and oxygen atoms in total. The average Bonchev–Trinajstić information content (AvgIpc) is 3.28. The van der Waals surface area contributed by atoms with E-state index in [-0.39, 0.29) is 22.7 Å². The molecule has 1 aliphatic carbocycles. The fourth-order valence-corrected chi connectivity index (χ4v) is 3.56. The summed E-state index contributed by atoms with van der Waals surface area (Å²) in [5, 5.41) is 0. The number of epoxide rings is 1. The van der Waals surface area contributed by atoms with Gasteiger partial charge in [0.15, 0.2) is 0 Å². The second-order valence-corrected chi connectivity index (χ2v) is 9.14. The van der Waals surface area contributed by atoms with Crippen LogP contribution in [0.3, 0.4) is 0 Å². The van der Waals surface area contributed by atoms with E-state index in [1.165, 1.54) is 0 Å². The zero-order valence-electron chi connectivity index (χ0n) is 16.0. The summed E-state index contributed by atoms with van der Waals surface area (Å²) in [6.45, 7) is 13.9. The van der Waals surface area contributed by atoms with Crippen molar-refractivity contribution in [3.05, 3.63) is 0 Å². The van der Waals surface area contributed by atoms with E-state index in [0.717, 1.165) is 38.5 Å². The van der Waals surface area contributed by atoms with Crippen molar-refractivity contribution in [1.82, 2.24) is 0 Å². The van der Waals surface area contributed by atoms with E-state index >= 15 is 0 Å². The Labute approximate surface area is 142 Å². The van der Waals surface area contributed by atoms with Gasteiger partial charge < -0.3 is 9.47 Å². The van der Waals surface area contributed by atoms with Crippen molar-refractivity contribution in [2.75, 3.05) is 6.61 Å². The molecule has 23 heavy (non-hydrogen) atoms. The molecule has 2 fully saturated rings. The number of hydrogen-bond acceptors (Lipinski definition) is 3. The Morgan fingerprint density at radius 1 is 1.13 bits per heavy atom. The molecule has 3 heteroatoms. The molecular formula is C20H36O3. The molecule has 1 aliphatic heterocycles. The molecule has 1 saturated heterocycles. The molecule has 4 atom stereocenters. The molecule has 2 aliphatic rings. The van der Waals surface area contributed by atoms with Crippen LogP contribution in [-0.2, 0) is 14.3 Å². The maximum Gasteiger partial charge on any atom is 0.309 e. The van der Waals surface area contributed by atoms with E-state index in [4.69, 9.17) is 9.47 Å². The lowest BCUT2D eigenvalue weighted by atomic mass is 9.68. The van der Waals surface area contributed by atoms with Gasteiger partial charge in [0.25, 0.3) is 0 Å². The third-order valence-corrected chi connectivity index (χ3v) is 6.43. The molecule has 2 rings (SSSR count). The van der Waals surface area contributed by atoms with Crippen molar-refractivity contribution in [3.8, 4) is 0 Å². The number of ether oxygens (including phenoxy) is 2. The highest BCUT2D eigenvalue weighted by atomic mass is 16.6. The number of carbonyl (C=O) groups is 1. The second kappa shape index (κ2) is 7.13. The van der Waals surface area contributed by atoms with Crippen LogP contribution >= 0.6 is 0 Å². The van der Waals surface area contributed by atoms with Crippen LogP contribution in [0.4, 0.5) is 0 Å². The van der Waals surface area contributed by atoms with Gasteiger partial charge >= 0.3 is 5.97 Å². The van der Waals surface area contributed by atoms with Crippen LogP contribution in [0.5, 0.6) is 0 Å². The van der Waals surface area contributed by atoms with Crippen molar-refractivity contribution >= 4 is 5.97 Å². The van der Waals surface area contributed by atoms with Crippen LogP contribution in [0.1, 0.15) is 80.1 Å². The monoisotopic (exact) mass is 324 g/mol. The molecule has 134 valence electrons. The van der Waals surface area contributed by atoms with Gasteiger partial charge in [-0.1, -0.05) is 54.4 Å². The number of fused-ring (bicyclic) bond motifs is 1. The number of carbonyl (C=O) groups excluding carboxylic acids is 1. The van der Waals surface area contributed by atoms with E-state index in [1.54, 1.807) is 0 Å². The largest absolute Gasteiger partial charge is 0.465 e. The van der Waals surface area contributed by atoms with E-state index in [2.05, 4.69) is 41.5 Å². The van der Waals surface area contributed by atoms with E-state index in [0.29, 0.717) is 24.7 Å². The van der Waals surface area contributed by atoms with E-state index < -0.39 is 0 Å². The molecule has 0 amide bonds. The Hall–Kier alpha value is -0.570. The minimum absolute atomic E-state index is 0.0113. The maximum atomic E-state index is 12.8. The molecule has 1 saturated carbocycles. The first-order valence-electron chi connectivity index (χ1n) is 9.50. The number of esters is 1.